The van der Waals surface area contributed by atoms with Gasteiger partial charge >= 0.3 is 5.97 Å². The number of Topliss-reactive ketones (excluding diaryl/α,β-unsaturated/α-hetero) is 3. The molecule has 0 spiro atoms. The van der Waals surface area contributed by atoms with Gasteiger partial charge in [-0.3, -0.25) is 24.0 Å². The molecule has 12 nitrogen and oxygen atoms in total. The number of carbonyl (C=O) groups excluding carboxylic acids is 4. The summed E-state index contributed by atoms with van der Waals surface area (Å²) in [5.41, 5.74) is 3.73. The van der Waals surface area contributed by atoms with E-state index >= 15 is 0 Å². The summed E-state index contributed by atoms with van der Waals surface area (Å²) in [6.45, 7) is 5.62. The highest BCUT2D eigenvalue weighted by molar-refractivity contribution is 7.91. The van der Waals surface area contributed by atoms with Gasteiger partial charge < -0.3 is 24.6 Å². The van der Waals surface area contributed by atoms with E-state index in [-0.39, 0.29) is 86.1 Å². The summed E-state index contributed by atoms with van der Waals surface area (Å²) in [6.07, 6.45) is 3.07. The van der Waals surface area contributed by atoms with Crippen LogP contribution in [0.1, 0.15) is 88.8 Å². The molecule has 0 aromatic heterocycles. The Kier molecular flexibility index (Phi) is 20.3. The zero-order valence-electron chi connectivity index (χ0n) is 32.5. The Balaban J connectivity index is 1.33. The molecule has 3 aromatic carbocycles. The van der Waals surface area contributed by atoms with E-state index < -0.39 is 21.7 Å². The lowest BCUT2D eigenvalue weighted by molar-refractivity contribution is -0.138. The van der Waals surface area contributed by atoms with Crippen molar-refractivity contribution in [1.29, 1.82) is 0 Å². The van der Waals surface area contributed by atoms with Crippen molar-refractivity contribution in [3.63, 3.8) is 0 Å². The average Bonchev–Trinajstić information content (AvgIpc) is 3.17. The van der Waals surface area contributed by atoms with E-state index in [4.69, 9.17) is 19.3 Å². The molecule has 0 aliphatic carbocycles. The molecule has 13 heteroatoms. The molecule has 1 atom stereocenters. The van der Waals surface area contributed by atoms with Crippen molar-refractivity contribution in [2.75, 3.05) is 51.9 Å². The smallest absolute Gasteiger partial charge is 0.305 e. The van der Waals surface area contributed by atoms with Gasteiger partial charge in [0.2, 0.25) is 0 Å². The first-order valence-electron chi connectivity index (χ1n) is 19.1. The molecule has 3 rings (SSSR count). The standard InChI is InChI=1S/C43H55NO11S/c1-32-7-11-34(12-8-32)13-14-37(31-56(51,52)40-19-9-33(2)10-20-40)42(49)35-15-17-36(18-16-35)43(50)44-24-30-55-28-22-39(46)5-3-25-53-27-21-38(45)6-4-26-54-29-23-41(47)48/h7-12,15-20,37H,3-6,13-14,21-31H2,1-2H3,(H,44,50)(H,47,48). The zero-order chi connectivity index (χ0) is 40.8. The normalized spacial score (nSPS) is 11.9. The number of sulfone groups is 1. The van der Waals surface area contributed by atoms with Crippen LogP contribution < -0.4 is 5.32 Å². The third-order valence-corrected chi connectivity index (χ3v) is 10.9. The number of hydrogen-bond donors (Lipinski definition) is 2. The minimum Gasteiger partial charge on any atom is -0.481 e. The van der Waals surface area contributed by atoms with E-state index in [1.54, 1.807) is 48.5 Å². The summed E-state index contributed by atoms with van der Waals surface area (Å²) in [5, 5.41) is 11.3. The SMILES string of the molecule is Cc1ccc(CCC(CS(=O)(=O)c2ccc(C)cc2)C(=O)c2ccc(C(=O)NCCOCCC(=O)CCCOCCC(=O)CCCOCCC(=O)O)cc2)cc1. The number of amides is 1. The van der Waals surface area contributed by atoms with Gasteiger partial charge in [0.25, 0.3) is 5.91 Å². The first-order chi connectivity index (χ1) is 26.8. The quantitative estimate of drug-likeness (QED) is 0.0628. The van der Waals surface area contributed by atoms with Crippen LogP contribution in [-0.2, 0) is 44.9 Å². The van der Waals surface area contributed by atoms with Crippen LogP contribution in [0.2, 0.25) is 0 Å². The number of aliphatic carboxylic acids is 1. The van der Waals surface area contributed by atoms with Gasteiger partial charge in [-0.25, -0.2) is 8.42 Å². The molecule has 56 heavy (non-hydrogen) atoms. The second-order valence-electron chi connectivity index (χ2n) is 13.8. The number of aryl methyl sites for hydroxylation is 3. The number of carbonyl (C=O) groups is 5. The number of nitrogens with one attached hydrogen (secondary N) is 1. The largest absolute Gasteiger partial charge is 0.481 e. The van der Waals surface area contributed by atoms with Crippen LogP contribution in [0.5, 0.6) is 0 Å². The molecular weight excluding hydrogens is 739 g/mol. The Bertz CT molecular complexity index is 1810. The minimum absolute atomic E-state index is 0.0244. The van der Waals surface area contributed by atoms with Gasteiger partial charge in [0.1, 0.15) is 11.6 Å². The molecule has 0 fully saturated rings. The molecule has 0 saturated heterocycles. The second-order valence-corrected chi connectivity index (χ2v) is 15.8. The van der Waals surface area contributed by atoms with E-state index in [9.17, 15) is 32.4 Å². The van der Waals surface area contributed by atoms with Gasteiger partial charge in [0, 0.05) is 62.5 Å². The molecular formula is C43H55NO11S. The van der Waals surface area contributed by atoms with Crippen molar-refractivity contribution in [2.24, 2.45) is 5.92 Å². The number of hydrogen-bond acceptors (Lipinski definition) is 10. The third kappa shape index (κ3) is 17.9. The van der Waals surface area contributed by atoms with Crippen molar-refractivity contribution < 1.29 is 51.7 Å². The van der Waals surface area contributed by atoms with E-state index in [0.717, 1.165) is 16.7 Å². The first kappa shape index (κ1) is 45.8. The predicted octanol–water partition coefficient (Wildman–Crippen LogP) is 5.94. The van der Waals surface area contributed by atoms with Gasteiger partial charge in [-0.2, -0.15) is 0 Å². The van der Waals surface area contributed by atoms with Crippen LogP contribution in [-0.4, -0.2) is 94.7 Å². The Morgan fingerprint density at radius 1 is 0.625 bits per heavy atom. The van der Waals surface area contributed by atoms with Crippen molar-refractivity contribution in [2.45, 2.75) is 76.5 Å². The molecule has 0 saturated carbocycles. The van der Waals surface area contributed by atoms with Crippen molar-refractivity contribution in [3.8, 4) is 0 Å². The molecule has 3 aromatic rings. The lowest BCUT2D eigenvalue weighted by Gasteiger charge is -2.17. The maximum atomic E-state index is 13.7. The van der Waals surface area contributed by atoms with Crippen LogP contribution in [0, 0.1) is 19.8 Å². The van der Waals surface area contributed by atoms with Crippen LogP contribution in [0.25, 0.3) is 0 Å². The summed E-state index contributed by atoms with van der Waals surface area (Å²) in [4.78, 5) is 61.1. The fourth-order valence-corrected chi connectivity index (χ4v) is 7.27. The topological polar surface area (TPSA) is 179 Å². The molecule has 2 N–H and O–H groups in total. The minimum atomic E-state index is -3.74. The Morgan fingerprint density at radius 2 is 1.12 bits per heavy atom. The van der Waals surface area contributed by atoms with E-state index in [2.05, 4.69) is 5.32 Å². The number of rotatable bonds is 29. The number of carboxylic acids is 1. The zero-order valence-corrected chi connectivity index (χ0v) is 33.3. The number of benzene rings is 3. The van der Waals surface area contributed by atoms with Gasteiger partial charge in [0.15, 0.2) is 15.6 Å². The summed E-state index contributed by atoms with van der Waals surface area (Å²) in [6, 6.07) is 20.7. The Hall–Kier alpha value is -4.56. The number of ketones is 3. The maximum absolute atomic E-state index is 13.7. The molecule has 0 aliphatic heterocycles. The van der Waals surface area contributed by atoms with Crippen molar-refractivity contribution in [3.05, 3.63) is 101 Å². The fraction of sp³-hybridized carbons (Fsp3) is 0.465. The molecule has 304 valence electrons. The highest BCUT2D eigenvalue weighted by Crippen LogP contribution is 2.23. The van der Waals surface area contributed by atoms with Gasteiger partial charge in [-0.1, -0.05) is 59.7 Å². The highest BCUT2D eigenvalue weighted by Gasteiger charge is 2.28. The molecule has 1 amide bonds. The summed E-state index contributed by atoms with van der Waals surface area (Å²) in [5.74, 6) is -2.62. The summed E-state index contributed by atoms with van der Waals surface area (Å²) in [7, 11) is -3.74. The van der Waals surface area contributed by atoms with Gasteiger partial charge in [-0.15, -0.1) is 0 Å². The molecule has 0 bridgehead atoms. The van der Waals surface area contributed by atoms with Crippen LogP contribution in [0.3, 0.4) is 0 Å². The molecule has 0 aliphatic rings. The molecule has 0 radical (unpaired) electrons. The fourth-order valence-electron chi connectivity index (χ4n) is 5.68. The number of ether oxygens (including phenoxy) is 3. The monoisotopic (exact) mass is 793 g/mol. The van der Waals surface area contributed by atoms with Crippen molar-refractivity contribution >= 4 is 39.1 Å². The van der Waals surface area contributed by atoms with Gasteiger partial charge in [-0.05, 0) is 69.4 Å². The predicted molar refractivity (Wildman–Crippen MR) is 212 cm³/mol. The Labute approximate surface area is 330 Å². The lowest BCUT2D eigenvalue weighted by atomic mass is 9.92. The van der Waals surface area contributed by atoms with E-state index in [0.29, 0.717) is 62.9 Å². The van der Waals surface area contributed by atoms with Gasteiger partial charge in [0.05, 0.1) is 43.5 Å². The Morgan fingerprint density at radius 3 is 1.68 bits per heavy atom. The highest BCUT2D eigenvalue weighted by atomic mass is 32.2. The van der Waals surface area contributed by atoms with Crippen molar-refractivity contribution in [1.82, 2.24) is 5.32 Å². The first-order valence-corrected chi connectivity index (χ1v) is 20.7. The second kappa shape index (κ2) is 24.8. The number of carboxylic acid groups (broad SMARTS) is 1. The van der Waals surface area contributed by atoms with E-state index in [1.165, 1.54) is 0 Å². The van der Waals surface area contributed by atoms with E-state index in [1.807, 2.05) is 38.1 Å². The maximum Gasteiger partial charge on any atom is 0.305 e. The average molecular weight is 794 g/mol. The lowest BCUT2D eigenvalue weighted by Crippen LogP contribution is -2.28. The van der Waals surface area contributed by atoms with Crippen LogP contribution in [0.4, 0.5) is 0 Å². The molecule has 0 heterocycles. The van der Waals surface area contributed by atoms with Crippen LogP contribution >= 0.6 is 0 Å². The molecule has 1 unspecified atom stereocenters. The summed E-state index contributed by atoms with van der Waals surface area (Å²) >= 11 is 0. The third-order valence-electron chi connectivity index (χ3n) is 9.04. The van der Waals surface area contributed by atoms with Crippen LogP contribution in [0.15, 0.2) is 77.7 Å². The summed E-state index contributed by atoms with van der Waals surface area (Å²) < 4.78 is 42.9.